The molecule has 0 aliphatic heterocycles. The molecule has 1 N–H and O–H groups in total. The number of aromatic nitrogens is 2. The molecule has 0 unspecified atom stereocenters. The van der Waals surface area contributed by atoms with Gasteiger partial charge >= 0.3 is 0 Å². The van der Waals surface area contributed by atoms with Crippen LogP contribution >= 0.6 is 0 Å². The summed E-state index contributed by atoms with van der Waals surface area (Å²) in [5, 5.41) is 3.78. The molecule has 3 rings (SSSR count). The van der Waals surface area contributed by atoms with E-state index < -0.39 is 5.82 Å². The first-order chi connectivity index (χ1) is 10.3. The summed E-state index contributed by atoms with van der Waals surface area (Å²) in [6.07, 6.45) is 0. The second-order valence-corrected chi connectivity index (χ2v) is 4.43. The molecule has 21 heavy (non-hydrogen) atoms. The molecular weight excluding hydrogens is 269 g/mol. The van der Waals surface area contributed by atoms with Crippen molar-refractivity contribution in [2.45, 2.75) is 6.92 Å². The zero-order chi connectivity index (χ0) is 14.7. The number of anilines is 1. The van der Waals surface area contributed by atoms with E-state index in [1.165, 1.54) is 6.07 Å². The Labute approximate surface area is 121 Å². The lowest BCUT2D eigenvalue weighted by Crippen LogP contribution is -2.03. The smallest absolute Gasteiger partial charge is 0.232 e. The number of para-hydroxylation sites is 2. The minimum Gasteiger partial charge on any atom is -0.435 e. The molecule has 0 radical (unpaired) electrons. The summed E-state index contributed by atoms with van der Waals surface area (Å²) in [5.41, 5.74) is 0.745. The molecule has 106 valence electrons. The van der Waals surface area contributed by atoms with E-state index in [-0.39, 0.29) is 5.75 Å². The summed E-state index contributed by atoms with van der Waals surface area (Å²) in [7, 11) is 0. The monoisotopic (exact) mass is 283 g/mol. The minimum absolute atomic E-state index is 0.142. The quantitative estimate of drug-likeness (QED) is 0.786. The molecule has 0 fully saturated rings. The zero-order valence-electron chi connectivity index (χ0n) is 11.5. The Kier molecular flexibility index (Phi) is 3.64. The number of fused-ring (bicyclic) bond motifs is 1. The maximum absolute atomic E-state index is 13.7. The predicted octanol–water partition coefficient (Wildman–Crippen LogP) is 3.99. The normalized spacial score (nSPS) is 10.6. The van der Waals surface area contributed by atoms with E-state index in [1.54, 1.807) is 18.2 Å². The highest BCUT2D eigenvalue weighted by molar-refractivity contribution is 5.84. The number of halogens is 1. The van der Waals surface area contributed by atoms with Gasteiger partial charge < -0.3 is 10.1 Å². The molecule has 3 aromatic rings. The highest BCUT2D eigenvalue weighted by Crippen LogP contribution is 2.29. The van der Waals surface area contributed by atoms with Gasteiger partial charge in [-0.05, 0) is 31.2 Å². The van der Waals surface area contributed by atoms with Crippen LogP contribution in [0.1, 0.15) is 6.92 Å². The molecular formula is C16H14FN3O. The Morgan fingerprint density at radius 1 is 1.05 bits per heavy atom. The van der Waals surface area contributed by atoms with Crippen LogP contribution < -0.4 is 10.1 Å². The van der Waals surface area contributed by atoms with Crippen molar-refractivity contribution in [2.75, 3.05) is 11.9 Å². The van der Waals surface area contributed by atoms with Crippen molar-refractivity contribution in [3.63, 3.8) is 0 Å². The van der Waals surface area contributed by atoms with E-state index in [9.17, 15) is 4.39 Å². The molecule has 0 aliphatic carbocycles. The summed E-state index contributed by atoms with van der Waals surface area (Å²) >= 11 is 0. The maximum Gasteiger partial charge on any atom is 0.232 e. The van der Waals surface area contributed by atoms with Gasteiger partial charge in [-0.3, -0.25) is 0 Å². The van der Waals surface area contributed by atoms with Crippen molar-refractivity contribution in [2.24, 2.45) is 0 Å². The molecule has 0 spiro atoms. The average Bonchev–Trinajstić information content (AvgIpc) is 2.50. The largest absolute Gasteiger partial charge is 0.435 e. The number of hydrogen-bond acceptors (Lipinski definition) is 4. The number of rotatable bonds is 4. The second kappa shape index (κ2) is 5.75. The van der Waals surface area contributed by atoms with Gasteiger partial charge in [-0.15, -0.1) is 0 Å². The van der Waals surface area contributed by atoms with Gasteiger partial charge in [0, 0.05) is 6.54 Å². The lowest BCUT2D eigenvalue weighted by atomic mass is 10.2. The fourth-order valence-corrected chi connectivity index (χ4v) is 1.99. The molecule has 1 heterocycles. The fourth-order valence-electron chi connectivity index (χ4n) is 1.99. The highest BCUT2D eigenvalue weighted by Gasteiger charge is 2.11. The Hall–Kier alpha value is -2.69. The van der Waals surface area contributed by atoms with Crippen LogP contribution in [0.25, 0.3) is 10.9 Å². The van der Waals surface area contributed by atoms with Crippen molar-refractivity contribution in [1.82, 2.24) is 9.97 Å². The molecule has 5 heteroatoms. The molecule has 0 saturated carbocycles. The molecule has 0 atom stereocenters. The first-order valence-corrected chi connectivity index (χ1v) is 6.71. The van der Waals surface area contributed by atoms with E-state index in [0.29, 0.717) is 18.4 Å². The van der Waals surface area contributed by atoms with Crippen molar-refractivity contribution in [1.29, 1.82) is 0 Å². The van der Waals surface area contributed by atoms with Crippen LogP contribution in [0.4, 0.5) is 10.3 Å². The van der Waals surface area contributed by atoms with Crippen molar-refractivity contribution in [3.8, 4) is 11.6 Å². The topological polar surface area (TPSA) is 47.0 Å². The van der Waals surface area contributed by atoms with E-state index in [1.807, 2.05) is 31.2 Å². The van der Waals surface area contributed by atoms with Gasteiger partial charge in [0.15, 0.2) is 11.6 Å². The Balaban J connectivity index is 2.09. The molecule has 0 bridgehead atoms. The molecule has 0 aliphatic rings. The standard InChI is InChI=1S/C16H14FN3O/c1-2-18-16-19-13-9-5-3-7-11(13)15(20-16)21-14-10-6-4-8-12(14)17/h3-10H,2H2,1H3,(H,18,19,20). The first-order valence-electron chi connectivity index (χ1n) is 6.71. The van der Waals surface area contributed by atoms with E-state index in [2.05, 4.69) is 15.3 Å². The molecule has 0 saturated heterocycles. The zero-order valence-corrected chi connectivity index (χ0v) is 11.5. The molecule has 4 nitrogen and oxygen atoms in total. The average molecular weight is 283 g/mol. The third-order valence-corrected chi connectivity index (χ3v) is 2.95. The SMILES string of the molecule is CCNc1nc(Oc2ccccc2F)c2ccccc2n1. The molecule has 1 aromatic heterocycles. The molecule has 0 amide bonds. The van der Waals surface area contributed by atoms with Crippen LogP contribution in [0, 0.1) is 5.82 Å². The van der Waals surface area contributed by atoms with Crippen LogP contribution in [-0.2, 0) is 0 Å². The summed E-state index contributed by atoms with van der Waals surface area (Å²) < 4.78 is 19.4. The van der Waals surface area contributed by atoms with Crippen LogP contribution in [-0.4, -0.2) is 16.5 Å². The summed E-state index contributed by atoms with van der Waals surface area (Å²) in [4.78, 5) is 8.71. The van der Waals surface area contributed by atoms with Gasteiger partial charge in [-0.1, -0.05) is 24.3 Å². The lowest BCUT2D eigenvalue weighted by molar-refractivity contribution is 0.432. The number of benzene rings is 2. The van der Waals surface area contributed by atoms with Crippen molar-refractivity contribution < 1.29 is 9.13 Å². The Morgan fingerprint density at radius 3 is 2.62 bits per heavy atom. The third kappa shape index (κ3) is 2.76. The number of ether oxygens (including phenoxy) is 1. The van der Waals surface area contributed by atoms with Crippen LogP contribution in [0.5, 0.6) is 11.6 Å². The van der Waals surface area contributed by atoms with Crippen molar-refractivity contribution in [3.05, 3.63) is 54.3 Å². The number of nitrogens with one attached hydrogen (secondary N) is 1. The second-order valence-electron chi connectivity index (χ2n) is 4.43. The van der Waals surface area contributed by atoms with Gasteiger partial charge in [-0.2, -0.15) is 4.98 Å². The van der Waals surface area contributed by atoms with E-state index >= 15 is 0 Å². The van der Waals surface area contributed by atoms with Crippen molar-refractivity contribution >= 4 is 16.9 Å². The predicted molar refractivity (Wildman–Crippen MR) is 80.2 cm³/mol. The minimum atomic E-state index is -0.426. The van der Waals surface area contributed by atoms with Crippen LogP contribution in [0.2, 0.25) is 0 Å². The molecule has 2 aromatic carbocycles. The summed E-state index contributed by atoms with van der Waals surface area (Å²) in [5.74, 6) is 0.512. The fraction of sp³-hybridized carbons (Fsp3) is 0.125. The third-order valence-electron chi connectivity index (χ3n) is 2.95. The Bertz CT molecular complexity index is 776. The Morgan fingerprint density at radius 2 is 1.81 bits per heavy atom. The summed E-state index contributed by atoms with van der Waals surface area (Å²) in [6.45, 7) is 2.65. The maximum atomic E-state index is 13.7. The highest BCUT2D eigenvalue weighted by atomic mass is 19.1. The van der Waals surface area contributed by atoms with Crippen LogP contribution in [0.15, 0.2) is 48.5 Å². The number of nitrogens with zero attached hydrogens (tertiary/aromatic N) is 2. The lowest BCUT2D eigenvalue weighted by Gasteiger charge is -2.10. The van der Waals surface area contributed by atoms with Gasteiger partial charge in [0.05, 0.1) is 10.9 Å². The van der Waals surface area contributed by atoms with Crippen LogP contribution in [0.3, 0.4) is 0 Å². The van der Waals surface area contributed by atoms with E-state index in [0.717, 1.165) is 10.9 Å². The van der Waals surface area contributed by atoms with Gasteiger partial charge in [0.25, 0.3) is 0 Å². The van der Waals surface area contributed by atoms with Gasteiger partial charge in [0.1, 0.15) is 0 Å². The van der Waals surface area contributed by atoms with Gasteiger partial charge in [-0.25, -0.2) is 9.37 Å². The van der Waals surface area contributed by atoms with Gasteiger partial charge in [0.2, 0.25) is 11.8 Å². The van der Waals surface area contributed by atoms with E-state index in [4.69, 9.17) is 4.74 Å². The summed E-state index contributed by atoms with van der Waals surface area (Å²) in [6, 6.07) is 13.7. The number of hydrogen-bond donors (Lipinski definition) is 1. The first kappa shape index (κ1) is 13.3.